The third-order valence-corrected chi connectivity index (χ3v) is 6.79. The van der Waals surface area contributed by atoms with Crippen LogP contribution in [0.3, 0.4) is 0 Å². The van der Waals surface area contributed by atoms with E-state index in [-0.39, 0.29) is 5.83 Å². The van der Waals surface area contributed by atoms with Gasteiger partial charge >= 0.3 is 0 Å². The van der Waals surface area contributed by atoms with Gasteiger partial charge in [0.1, 0.15) is 5.83 Å². The zero-order chi connectivity index (χ0) is 21.8. The second-order valence-corrected chi connectivity index (χ2v) is 9.28. The van der Waals surface area contributed by atoms with Crippen LogP contribution in [0.4, 0.5) is 4.39 Å². The molecule has 0 spiro atoms. The number of halogens is 1. The Bertz CT molecular complexity index is 961. The largest absolute Gasteiger partial charge is 0.337 e. The first kappa shape index (κ1) is 21.8. The molecule has 1 aromatic rings. The monoisotopic (exact) mass is 418 g/mol. The Labute approximate surface area is 186 Å². The summed E-state index contributed by atoms with van der Waals surface area (Å²) in [6.07, 6.45) is 16.0. The van der Waals surface area contributed by atoms with Crippen LogP contribution in [0.15, 0.2) is 77.3 Å². The molecule has 1 atom stereocenters. The SMILES string of the molecule is CCCNCCC1=CC=C(CN2C3=CC=CCC3(C)C(F)=C2c2ccc(C)cc2)CC1. The number of nitrogens with one attached hydrogen (secondary N) is 1. The molecule has 31 heavy (non-hydrogen) atoms. The van der Waals surface area contributed by atoms with Crippen molar-refractivity contribution in [2.45, 2.75) is 52.9 Å². The van der Waals surface area contributed by atoms with Crippen molar-refractivity contribution in [1.82, 2.24) is 10.2 Å². The summed E-state index contributed by atoms with van der Waals surface area (Å²) in [5.41, 5.74) is 6.32. The Balaban J connectivity index is 1.58. The molecule has 1 unspecified atom stereocenters. The Morgan fingerprint density at radius 2 is 1.77 bits per heavy atom. The molecule has 1 aliphatic heterocycles. The summed E-state index contributed by atoms with van der Waals surface area (Å²) >= 11 is 0. The fourth-order valence-electron chi connectivity index (χ4n) is 4.82. The first-order valence-electron chi connectivity index (χ1n) is 11.7. The number of rotatable bonds is 8. The Kier molecular flexibility index (Phi) is 6.62. The summed E-state index contributed by atoms with van der Waals surface area (Å²) in [7, 11) is 0. The van der Waals surface area contributed by atoms with Crippen LogP contribution < -0.4 is 5.32 Å². The normalized spacial score (nSPS) is 23.0. The van der Waals surface area contributed by atoms with E-state index in [4.69, 9.17) is 0 Å². The minimum Gasteiger partial charge on any atom is -0.337 e. The van der Waals surface area contributed by atoms with Gasteiger partial charge in [-0.25, -0.2) is 4.39 Å². The Morgan fingerprint density at radius 1 is 1.03 bits per heavy atom. The van der Waals surface area contributed by atoms with Gasteiger partial charge in [0.15, 0.2) is 0 Å². The van der Waals surface area contributed by atoms with Crippen LogP contribution in [-0.4, -0.2) is 24.5 Å². The van der Waals surface area contributed by atoms with E-state index in [1.165, 1.54) is 23.1 Å². The van der Waals surface area contributed by atoms with Crippen LogP contribution in [0.2, 0.25) is 0 Å². The molecule has 1 N–H and O–H groups in total. The smallest absolute Gasteiger partial charge is 0.136 e. The number of benzene rings is 1. The minimum absolute atomic E-state index is 0.00147. The summed E-state index contributed by atoms with van der Waals surface area (Å²) in [5, 5.41) is 3.49. The highest BCUT2D eigenvalue weighted by Crippen LogP contribution is 2.54. The van der Waals surface area contributed by atoms with Crippen LogP contribution in [-0.2, 0) is 0 Å². The molecule has 0 fully saturated rings. The van der Waals surface area contributed by atoms with Crippen molar-refractivity contribution < 1.29 is 4.39 Å². The maximum atomic E-state index is 15.9. The van der Waals surface area contributed by atoms with Gasteiger partial charge in [-0.2, -0.15) is 0 Å². The van der Waals surface area contributed by atoms with E-state index in [9.17, 15) is 0 Å². The van der Waals surface area contributed by atoms with Gasteiger partial charge in [-0.05, 0) is 65.1 Å². The van der Waals surface area contributed by atoms with Gasteiger partial charge in [0.05, 0.1) is 11.1 Å². The van der Waals surface area contributed by atoms with Gasteiger partial charge in [0, 0.05) is 17.8 Å². The second-order valence-electron chi connectivity index (χ2n) is 9.28. The zero-order valence-electron chi connectivity index (χ0n) is 19.2. The van der Waals surface area contributed by atoms with E-state index in [1.807, 2.05) is 6.92 Å². The van der Waals surface area contributed by atoms with Crippen LogP contribution in [0.5, 0.6) is 0 Å². The van der Waals surface area contributed by atoms with Crippen molar-refractivity contribution in [2.75, 3.05) is 19.6 Å². The lowest BCUT2D eigenvalue weighted by molar-refractivity contribution is 0.350. The molecule has 1 aromatic carbocycles. The van der Waals surface area contributed by atoms with Crippen molar-refractivity contribution in [2.24, 2.45) is 5.41 Å². The number of aryl methyl sites for hydroxylation is 1. The zero-order valence-corrected chi connectivity index (χ0v) is 19.2. The number of allylic oxidation sites excluding steroid dienone is 6. The van der Waals surface area contributed by atoms with E-state index < -0.39 is 5.41 Å². The van der Waals surface area contributed by atoms with Gasteiger partial charge < -0.3 is 10.2 Å². The summed E-state index contributed by atoms with van der Waals surface area (Å²) in [4.78, 5) is 2.23. The topological polar surface area (TPSA) is 15.3 Å². The van der Waals surface area contributed by atoms with E-state index in [0.717, 1.165) is 55.9 Å². The standard InChI is InChI=1S/C28H35FN2/c1-4-18-30-19-16-22-10-12-23(13-11-22)20-31-25-7-5-6-17-28(25,3)27(29)26(31)24-14-8-21(2)9-15-24/h5-10,12,14-15,30H,4,11,13,16-20H2,1-3H3. The lowest BCUT2D eigenvalue weighted by atomic mass is 9.80. The number of hydrogen-bond donors (Lipinski definition) is 1. The predicted octanol–water partition coefficient (Wildman–Crippen LogP) is 6.84. The van der Waals surface area contributed by atoms with Gasteiger partial charge in [-0.3, -0.25) is 0 Å². The van der Waals surface area contributed by atoms with Crippen LogP contribution in [0.1, 0.15) is 57.1 Å². The molecular formula is C28H35FN2. The molecule has 0 radical (unpaired) electrons. The van der Waals surface area contributed by atoms with Gasteiger partial charge in [-0.1, -0.05) is 72.2 Å². The molecule has 3 heteroatoms. The first-order chi connectivity index (χ1) is 15.0. The molecule has 164 valence electrons. The minimum atomic E-state index is -0.559. The molecule has 2 aliphatic carbocycles. The fourth-order valence-corrected chi connectivity index (χ4v) is 4.82. The summed E-state index contributed by atoms with van der Waals surface area (Å²) in [6, 6.07) is 8.27. The van der Waals surface area contributed by atoms with E-state index in [0.29, 0.717) is 6.42 Å². The lowest BCUT2D eigenvalue weighted by Crippen LogP contribution is -2.28. The molecule has 4 rings (SSSR count). The van der Waals surface area contributed by atoms with Crippen LogP contribution in [0.25, 0.3) is 5.70 Å². The average molecular weight is 419 g/mol. The molecule has 2 nitrogen and oxygen atoms in total. The number of nitrogens with zero attached hydrogens (tertiary/aromatic N) is 1. The maximum absolute atomic E-state index is 15.9. The summed E-state index contributed by atoms with van der Waals surface area (Å²) in [6.45, 7) is 9.21. The van der Waals surface area contributed by atoms with Crippen LogP contribution in [0, 0.1) is 12.3 Å². The van der Waals surface area contributed by atoms with E-state index >= 15 is 4.39 Å². The van der Waals surface area contributed by atoms with Crippen LogP contribution >= 0.6 is 0 Å². The van der Waals surface area contributed by atoms with E-state index in [1.54, 1.807) is 0 Å². The molecule has 0 bridgehead atoms. The summed E-state index contributed by atoms with van der Waals surface area (Å²) < 4.78 is 15.9. The third kappa shape index (κ3) is 4.48. The quantitative estimate of drug-likeness (QED) is 0.465. The molecule has 0 amide bonds. The first-order valence-corrected chi connectivity index (χ1v) is 11.7. The Morgan fingerprint density at radius 3 is 2.48 bits per heavy atom. The predicted molar refractivity (Wildman–Crippen MR) is 129 cm³/mol. The highest BCUT2D eigenvalue weighted by Gasteiger charge is 2.47. The lowest BCUT2D eigenvalue weighted by Gasteiger charge is -2.33. The molecule has 1 heterocycles. The molecule has 0 saturated carbocycles. The van der Waals surface area contributed by atoms with Gasteiger partial charge in [0.2, 0.25) is 0 Å². The van der Waals surface area contributed by atoms with Gasteiger partial charge in [0.25, 0.3) is 0 Å². The maximum Gasteiger partial charge on any atom is 0.136 e. The average Bonchev–Trinajstić information content (AvgIpc) is 3.00. The molecule has 0 aromatic heterocycles. The van der Waals surface area contributed by atoms with Crippen molar-refractivity contribution in [3.05, 3.63) is 88.4 Å². The molecule has 0 saturated heterocycles. The molecular weight excluding hydrogens is 383 g/mol. The molecule has 3 aliphatic rings. The van der Waals surface area contributed by atoms with Crippen molar-refractivity contribution in [3.63, 3.8) is 0 Å². The van der Waals surface area contributed by atoms with Crippen molar-refractivity contribution in [1.29, 1.82) is 0 Å². The second kappa shape index (κ2) is 9.40. The third-order valence-electron chi connectivity index (χ3n) is 6.79. The van der Waals surface area contributed by atoms with Crippen molar-refractivity contribution >= 4 is 5.70 Å². The van der Waals surface area contributed by atoms with Gasteiger partial charge in [-0.15, -0.1) is 0 Å². The number of hydrogen-bond acceptors (Lipinski definition) is 2. The Hall–Kier alpha value is -2.39. The fraction of sp³-hybridized carbons (Fsp3) is 0.429. The van der Waals surface area contributed by atoms with E-state index in [2.05, 4.69) is 78.7 Å². The summed E-state index contributed by atoms with van der Waals surface area (Å²) in [5.74, 6) is 0.00147. The number of fused-ring (bicyclic) bond motifs is 1. The highest BCUT2D eigenvalue weighted by atomic mass is 19.1. The van der Waals surface area contributed by atoms with Crippen molar-refractivity contribution in [3.8, 4) is 0 Å². The highest BCUT2D eigenvalue weighted by molar-refractivity contribution is 5.74.